The summed E-state index contributed by atoms with van der Waals surface area (Å²) in [6.45, 7) is 3.85. The van der Waals surface area contributed by atoms with Gasteiger partial charge < -0.3 is 10.1 Å². The summed E-state index contributed by atoms with van der Waals surface area (Å²) in [6.07, 6.45) is 1.51. The van der Waals surface area contributed by atoms with Crippen LogP contribution < -0.4 is 5.32 Å². The average Bonchev–Trinajstić information content (AvgIpc) is 3.05. The highest BCUT2D eigenvalue weighted by atomic mass is 35.5. The summed E-state index contributed by atoms with van der Waals surface area (Å²) in [6, 6.07) is 4.05. The molecule has 0 amide bonds. The van der Waals surface area contributed by atoms with Gasteiger partial charge in [0, 0.05) is 19.1 Å². The van der Waals surface area contributed by atoms with Crippen LogP contribution in [0, 0.1) is 0 Å². The number of hydrogen-bond donors (Lipinski definition) is 1. The molecule has 0 bridgehead atoms. The third-order valence-corrected chi connectivity index (χ3v) is 6.10. The number of esters is 1. The molecule has 1 aromatic rings. The van der Waals surface area contributed by atoms with Crippen LogP contribution >= 0.6 is 24.0 Å². The molecule has 9 heteroatoms. The lowest BCUT2D eigenvalue weighted by Gasteiger charge is -2.27. The number of nitrogens with zero attached hydrogens (tertiary/aromatic N) is 1. The van der Waals surface area contributed by atoms with Crippen LogP contribution in [0.5, 0.6) is 0 Å². The van der Waals surface area contributed by atoms with Crippen molar-refractivity contribution in [3.05, 3.63) is 28.8 Å². The maximum Gasteiger partial charge on any atom is 0.339 e. The summed E-state index contributed by atoms with van der Waals surface area (Å²) in [5.41, 5.74) is 0.151. The Hall–Kier alpha value is -0.860. The molecule has 0 spiro atoms. The first-order chi connectivity index (χ1) is 10.9. The molecule has 1 saturated heterocycles. The molecule has 2 rings (SSSR count). The zero-order valence-corrected chi connectivity index (χ0v) is 16.0. The minimum absolute atomic E-state index is 0. The fraction of sp³-hybridized carbons (Fsp3) is 0.533. The number of hydrogen-bond acceptors (Lipinski definition) is 5. The predicted octanol–water partition coefficient (Wildman–Crippen LogP) is 2.31. The van der Waals surface area contributed by atoms with Crippen molar-refractivity contribution in [3.63, 3.8) is 0 Å². The van der Waals surface area contributed by atoms with E-state index in [2.05, 4.69) is 10.1 Å². The molecule has 1 N–H and O–H groups in total. The molecular weight excluding hydrogens is 375 g/mol. The molecular formula is C15H22Cl2N2O4S. The molecule has 1 aromatic carbocycles. The van der Waals surface area contributed by atoms with Crippen LogP contribution in [0.15, 0.2) is 23.1 Å². The molecule has 1 aliphatic heterocycles. The van der Waals surface area contributed by atoms with Gasteiger partial charge >= 0.3 is 5.97 Å². The zero-order valence-electron chi connectivity index (χ0n) is 13.6. The molecule has 0 radical (unpaired) electrons. The first-order valence-electron chi connectivity index (χ1n) is 7.52. The van der Waals surface area contributed by atoms with Gasteiger partial charge in [-0.15, -0.1) is 12.4 Å². The van der Waals surface area contributed by atoms with E-state index in [1.165, 1.54) is 29.6 Å². The van der Waals surface area contributed by atoms with E-state index in [0.29, 0.717) is 13.1 Å². The summed E-state index contributed by atoms with van der Waals surface area (Å²) in [7, 11) is -2.41. The monoisotopic (exact) mass is 396 g/mol. The van der Waals surface area contributed by atoms with E-state index in [1.54, 1.807) is 0 Å². The van der Waals surface area contributed by atoms with Crippen LogP contribution in [0.2, 0.25) is 5.02 Å². The number of carbonyl (C=O) groups excluding carboxylic acids is 1. The minimum Gasteiger partial charge on any atom is -0.465 e. The van der Waals surface area contributed by atoms with E-state index in [0.717, 1.165) is 19.4 Å². The second-order valence-corrected chi connectivity index (χ2v) is 7.69. The molecule has 1 fully saturated rings. The van der Waals surface area contributed by atoms with Crippen molar-refractivity contribution in [1.82, 2.24) is 9.62 Å². The van der Waals surface area contributed by atoms with Gasteiger partial charge in [-0.1, -0.05) is 18.5 Å². The SMILES string of the molecule is CCCN(C1CCNC1)S(=O)(=O)c1ccc(C(=O)OC)c(Cl)c1.Cl. The molecule has 0 aliphatic carbocycles. The molecule has 1 aliphatic rings. The highest BCUT2D eigenvalue weighted by molar-refractivity contribution is 7.89. The lowest BCUT2D eigenvalue weighted by molar-refractivity contribution is 0.0601. The Morgan fingerprint density at radius 3 is 2.67 bits per heavy atom. The molecule has 1 unspecified atom stereocenters. The maximum absolute atomic E-state index is 12.9. The fourth-order valence-corrected chi connectivity index (χ4v) is 4.77. The van der Waals surface area contributed by atoms with E-state index in [4.69, 9.17) is 11.6 Å². The number of benzene rings is 1. The van der Waals surface area contributed by atoms with E-state index < -0.39 is 16.0 Å². The van der Waals surface area contributed by atoms with Crippen LogP contribution in [0.4, 0.5) is 0 Å². The number of ether oxygens (including phenoxy) is 1. The van der Waals surface area contributed by atoms with Crippen molar-refractivity contribution >= 4 is 40.0 Å². The Labute approximate surface area is 154 Å². The minimum atomic E-state index is -3.66. The fourth-order valence-electron chi connectivity index (χ4n) is 2.67. The van der Waals surface area contributed by atoms with E-state index in [9.17, 15) is 13.2 Å². The van der Waals surface area contributed by atoms with Gasteiger partial charge in [-0.05, 0) is 37.6 Å². The van der Waals surface area contributed by atoms with E-state index >= 15 is 0 Å². The van der Waals surface area contributed by atoms with Gasteiger partial charge in [-0.25, -0.2) is 13.2 Å². The Balaban J connectivity index is 0.00000288. The van der Waals surface area contributed by atoms with Crippen molar-refractivity contribution in [2.24, 2.45) is 0 Å². The first-order valence-corrected chi connectivity index (χ1v) is 9.34. The predicted molar refractivity (Wildman–Crippen MR) is 95.5 cm³/mol. The van der Waals surface area contributed by atoms with Crippen LogP contribution in [0.3, 0.4) is 0 Å². The van der Waals surface area contributed by atoms with E-state index in [-0.39, 0.29) is 33.9 Å². The molecule has 1 atom stereocenters. The molecule has 24 heavy (non-hydrogen) atoms. The highest BCUT2D eigenvalue weighted by Crippen LogP contribution is 2.26. The van der Waals surface area contributed by atoms with Crippen molar-refractivity contribution in [2.45, 2.75) is 30.7 Å². The number of carbonyl (C=O) groups is 1. The second-order valence-electron chi connectivity index (χ2n) is 5.40. The maximum atomic E-state index is 12.9. The number of rotatable bonds is 6. The van der Waals surface area contributed by atoms with Gasteiger partial charge in [0.25, 0.3) is 0 Å². The topological polar surface area (TPSA) is 75.7 Å². The smallest absolute Gasteiger partial charge is 0.339 e. The highest BCUT2D eigenvalue weighted by Gasteiger charge is 2.33. The van der Waals surface area contributed by atoms with E-state index in [1.807, 2.05) is 6.92 Å². The van der Waals surface area contributed by atoms with Crippen LogP contribution in [-0.4, -0.2) is 51.5 Å². The van der Waals surface area contributed by atoms with Crippen LogP contribution in [0.1, 0.15) is 30.1 Å². The normalized spacial score (nSPS) is 17.6. The van der Waals surface area contributed by atoms with Gasteiger partial charge in [0.2, 0.25) is 10.0 Å². The third-order valence-electron chi connectivity index (χ3n) is 3.84. The molecule has 0 saturated carbocycles. The number of halogens is 2. The zero-order chi connectivity index (χ0) is 17.0. The Morgan fingerprint density at radius 2 is 2.17 bits per heavy atom. The van der Waals surface area contributed by atoms with Crippen molar-refractivity contribution < 1.29 is 17.9 Å². The van der Waals surface area contributed by atoms with Crippen LogP contribution in [-0.2, 0) is 14.8 Å². The summed E-state index contributed by atoms with van der Waals surface area (Å²) in [4.78, 5) is 11.7. The second kappa shape index (κ2) is 9.01. The lowest BCUT2D eigenvalue weighted by atomic mass is 10.2. The van der Waals surface area contributed by atoms with Gasteiger partial charge in [-0.3, -0.25) is 0 Å². The van der Waals surface area contributed by atoms with Crippen molar-refractivity contribution in [3.8, 4) is 0 Å². The summed E-state index contributed by atoms with van der Waals surface area (Å²) >= 11 is 6.05. The number of nitrogens with one attached hydrogen (secondary N) is 1. The Bertz CT molecular complexity index is 676. The largest absolute Gasteiger partial charge is 0.465 e. The number of sulfonamides is 1. The van der Waals surface area contributed by atoms with Crippen molar-refractivity contribution in [2.75, 3.05) is 26.7 Å². The van der Waals surface area contributed by atoms with Crippen LogP contribution in [0.25, 0.3) is 0 Å². The summed E-state index contributed by atoms with van der Waals surface area (Å²) in [5, 5.41) is 3.25. The van der Waals surface area contributed by atoms with Gasteiger partial charge in [0.05, 0.1) is 22.6 Å². The van der Waals surface area contributed by atoms with Gasteiger partial charge in [0.15, 0.2) is 0 Å². The van der Waals surface area contributed by atoms with Gasteiger partial charge in [-0.2, -0.15) is 4.31 Å². The molecule has 136 valence electrons. The lowest BCUT2D eigenvalue weighted by Crippen LogP contribution is -2.42. The van der Waals surface area contributed by atoms with Crippen molar-refractivity contribution in [1.29, 1.82) is 0 Å². The summed E-state index contributed by atoms with van der Waals surface area (Å²) in [5.74, 6) is -0.593. The molecule has 1 heterocycles. The molecule has 0 aromatic heterocycles. The number of methoxy groups -OCH3 is 1. The standard InChI is InChI=1S/C15H21ClN2O4S.ClH/c1-3-8-18(11-6-7-17-10-11)23(20,21)12-4-5-13(14(16)9-12)15(19)22-2;/h4-5,9,11,17H,3,6-8,10H2,1-2H3;1H. The average molecular weight is 397 g/mol. The Morgan fingerprint density at radius 1 is 1.46 bits per heavy atom. The third kappa shape index (κ3) is 4.40. The summed E-state index contributed by atoms with van der Waals surface area (Å²) < 4.78 is 32.0. The Kier molecular flexibility index (Phi) is 7.95. The quantitative estimate of drug-likeness (QED) is 0.746. The van der Waals surface area contributed by atoms with Gasteiger partial charge in [0.1, 0.15) is 0 Å². The first kappa shape index (κ1) is 21.2. The molecule has 6 nitrogen and oxygen atoms in total.